The maximum Gasteiger partial charge on any atom is 0.200 e. The number of ether oxygens (including phenoxy) is 2. The lowest BCUT2D eigenvalue weighted by Crippen LogP contribution is -2.08. The maximum absolute atomic E-state index is 8.64. The van der Waals surface area contributed by atoms with Crippen LogP contribution in [-0.4, -0.2) is 59.5 Å². The third-order valence-corrected chi connectivity index (χ3v) is 3.61. The molecule has 29 heavy (non-hydrogen) atoms. The predicted molar refractivity (Wildman–Crippen MR) is 114 cm³/mol. The summed E-state index contributed by atoms with van der Waals surface area (Å²) >= 11 is 0. The molecule has 0 unspecified atom stereocenters. The number of hydrogen-bond donors (Lipinski definition) is 4. The summed E-state index contributed by atoms with van der Waals surface area (Å²) in [6.07, 6.45) is 1.04. The molecule has 0 radical (unpaired) electrons. The van der Waals surface area contributed by atoms with Gasteiger partial charge in [-0.15, -0.1) is 0 Å². The first-order valence-electron chi connectivity index (χ1n) is 9.08. The van der Waals surface area contributed by atoms with Crippen LogP contribution in [-0.2, 0) is 15.9 Å². The smallest absolute Gasteiger partial charge is 0.200 e. The first kappa shape index (κ1) is 26.5. The number of nitrogens with one attached hydrogen (secondary N) is 2. The lowest BCUT2D eigenvalue weighted by atomic mass is 10.2. The van der Waals surface area contributed by atoms with Gasteiger partial charge in [-0.1, -0.05) is 12.1 Å². The van der Waals surface area contributed by atoms with Crippen molar-refractivity contribution in [3.63, 3.8) is 0 Å². The third kappa shape index (κ3) is 10.00. The number of hydrogen-bond acceptors (Lipinski definition) is 8. The molecule has 0 aliphatic heterocycles. The Bertz CT molecular complexity index is 749. The van der Waals surface area contributed by atoms with E-state index in [4.69, 9.17) is 30.5 Å². The van der Waals surface area contributed by atoms with Crippen LogP contribution in [0.5, 0.6) is 0 Å². The molecular weight excluding hydrogens is 372 g/mol. The summed E-state index contributed by atoms with van der Waals surface area (Å²) in [6, 6.07) is 11.1. The Morgan fingerprint density at radius 2 is 1.45 bits per heavy atom. The van der Waals surface area contributed by atoms with Crippen molar-refractivity contribution in [1.29, 1.82) is 10.8 Å². The maximum atomic E-state index is 8.64. The largest absolute Gasteiger partial charge is 0.400 e. The molecule has 8 heteroatoms. The summed E-state index contributed by atoms with van der Waals surface area (Å²) in [5, 5.41) is 30.5. The van der Waals surface area contributed by atoms with Gasteiger partial charge in [-0.2, -0.15) is 0 Å². The van der Waals surface area contributed by atoms with Crippen LogP contribution in [0.15, 0.2) is 36.4 Å². The van der Waals surface area contributed by atoms with E-state index in [0.717, 1.165) is 31.3 Å². The van der Waals surface area contributed by atoms with Gasteiger partial charge >= 0.3 is 0 Å². The topological polar surface area (TPSA) is 132 Å². The van der Waals surface area contributed by atoms with Crippen molar-refractivity contribution >= 4 is 11.4 Å². The van der Waals surface area contributed by atoms with Crippen molar-refractivity contribution in [3.8, 4) is 0 Å². The Kier molecular flexibility index (Phi) is 14.1. The zero-order valence-corrected chi connectivity index (χ0v) is 17.8. The second-order valence-corrected chi connectivity index (χ2v) is 5.84. The SMILES string of the molecule is CC(=N)c1cccc(CCCO)n1.CO.COC(OC)c1cccc(C(C)=N)n1. The molecule has 0 amide bonds. The van der Waals surface area contributed by atoms with E-state index in [0.29, 0.717) is 22.8 Å². The first-order chi connectivity index (χ1) is 13.9. The molecule has 4 N–H and O–H groups in total. The van der Waals surface area contributed by atoms with Crippen LogP contribution in [0.2, 0.25) is 0 Å². The van der Waals surface area contributed by atoms with Crippen LogP contribution in [0.3, 0.4) is 0 Å². The van der Waals surface area contributed by atoms with Gasteiger partial charge in [-0.25, -0.2) is 4.98 Å². The molecule has 0 spiro atoms. The van der Waals surface area contributed by atoms with Crippen LogP contribution >= 0.6 is 0 Å². The van der Waals surface area contributed by atoms with E-state index in [-0.39, 0.29) is 6.61 Å². The standard InChI is InChI=1S/C10H14N2O2.C10H14N2O.CH4O/c1-7(11)8-5-4-6-9(12-8)10(13-2)14-3;1-8(11)10-6-2-4-9(12-10)5-3-7-13;1-2/h4-6,10-11H,1-3H3;2,4,6,11,13H,3,5,7H2,1H3;2H,1H3. The normalized spacial score (nSPS) is 9.79. The summed E-state index contributed by atoms with van der Waals surface area (Å²) in [6.45, 7) is 3.61. The second kappa shape index (κ2) is 15.4. The molecule has 0 aliphatic rings. The molecule has 0 bridgehead atoms. The summed E-state index contributed by atoms with van der Waals surface area (Å²) in [7, 11) is 4.11. The van der Waals surface area contributed by atoms with E-state index in [1.54, 1.807) is 34.1 Å². The zero-order valence-electron chi connectivity index (χ0n) is 17.8. The Morgan fingerprint density at radius 3 is 1.93 bits per heavy atom. The molecule has 0 aliphatic carbocycles. The Hall–Kier alpha value is -2.52. The summed E-state index contributed by atoms with van der Waals surface area (Å²) in [5.74, 6) is 0. The molecule has 2 heterocycles. The minimum absolute atomic E-state index is 0.190. The molecule has 0 aromatic carbocycles. The van der Waals surface area contributed by atoms with E-state index in [2.05, 4.69) is 9.97 Å². The molecule has 2 aromatic rings. The molecule has 0 saturated carbocycles. The van der Waals surface area contributed by atoms with Crippen LogP contribution in [0.25, 0.3) is 0 Å². The summed E-state index contributed by atoms with van der Waals surface area (Å²) in [4.78, 5) is 8.51. The fourth-order valence-electron chi connectivity index (χ4n) is 2.22. The van der Waals surface area contributed by atoms with Crippen molar-refractivity contribution < 1.29 is 19.7 Å². The lowest BCUT2D eigenvalue weighted by molar-refractivity contribution is -0.108. The number of aryl methyl sites for hydroxylation is 1. The van der Waals surface area contributed by atoms with E-state index in [1.807, 2.05) is 30.3 Å². The van der Waals surface area contributed by atoms with E-state index in [9.17, 15) is 0 Å². The number of aromatic nitrogens is 2. The number of methoxy groups -OCH3 is 2. The lowest BCUT2D eigenvalue weighted by Gasteiger charge is -2.13. The fourth-order valence-corrected chi connectivity index (χ4v) is 2.22. The Labute approximate surface area is 172 Å². The minimum Gasteiger partial charge on any atom is -0.400 e. The Balaban J connectivity index is 0.000000499. The highest BCUT2D eigenvalue weighted by atomic mass is 16.7. The van der Waals surface area contributed by atoms with Crippen LogP contribution in [0.4, 0.5) is 0 Å². The molecule has 0 fully saturated rings. The van der Waals surface area contributed by atoms with Gasteiger partial charge in [-0.3, -0.25) is 4.98 Å². The third-order valence-electron chi connectivity index (χ3n) is 3.61. The predicted octanol–water partition coefficient (Wildman–Crippen LogP) is 2.76. The monoisotopic (exact) mass is 404 g/mol. The van der Waals surface area contributed by atoms with Gasteiger partial charge in [0, 0.05) is 33.6 Å². The highest BCUT2D eigenvalue weighted by Crippen LogP contribution is 2.14. The molecule has 2 aromatic heterocycles. The molecule has 0 atom stereocenters. The van der Waals surface area contributed by atoms with E-state index in [1.165, 1.54) is 0 Å². The number of aliphatic hydroxyl groups excluding tert-OH is 2. The summed E-state index contributed by atoms with van der Waals surface area (Å²) < 4.78 is 10.1. The molecule has 0 saturated heterocycles. The van der Waals surface area contributed by atoms with Gasteiger partial charge in [0.15, 0.2) is 0 Å². The zero-order chi connectivity index (χ0) is 22.2. The van der Waals surface area contributed by atoms with Gasteiger partial charge in [-0.05, 0) is 51.0 Å². The first-order valence-corrected chi connectivity index (χ1v) is 9.08. The molecule has 160 valence electrons. The molecule has 2 rings (SSSR count). The van der Waals surface area contributed by atoms with Crippen molar-refractivity contribution in [2.24, 2.45) is 0 Å². The molecule has 8 nitrogen and oxygen atoms in total. The second-order valence-electron chi connectivity index (χ2n) is 5.84. The van der Waals surface area contributed by atoms with Gasteiger partial charge in [0.2, 0.25) is 6.29 Å². The number of aliphatic hydroxyl groups is 2. The van der Waals surface area contributed by atoms with Crippen LogP contribution < -0.4 is 0 Å². The van der Waals surface area contributed by atoms with Crippen molar-refractivity contribution in [2.45, 2.75) is 33.0 Å². The van der Waals surface area contributed by atoms with Crippen LogP contribution in [0, 0.1) is 10.8 Å². The van der Waals surface area contributed by atoms with Gasteiger partial charge in [0.1, 0.15) is 0 Å². The quantitative estimate of drug-likeness (QED) is 0.395. The fraction of sp³-hybridized carbons (Fsp3) is 0.429. The van der Waals surface area contributed by atoms with Crippen LogP contribution in [0.1, 0.15) is 49.3 Å². The van der Waals surface area contributed by atoms with Gasteiger partial charge < -0.3 is 30.5 Å². The van der Waals surface area contributed by atoms with Gasteiger partial charge in [0.05, 0.1) is 28.5 Å². The number of rotatable bonds is 8. The highest BCUT2D eigenvalue weighted by Gasteiger charge is 2.10. The average Bonchev–Trinajstić information content (AvgIpc) is 2.75. The minimum atomic E-state index is -0.464. The highest BCUT2D eigenvalue weighted by molar-refractivity contribution is 5.94. The number of nitrogens with zero attached hydrogens (tertiary/aromatic N) is 2. The van der Waals surface area contributed by atoms with Crippen molar-refractivity contribution in [3.05, 3.63) is 59.2 Å². The summed E-state index contributed by atoms with van der Waals surface area (Å²) in [5.41, 5.74) is 3.89. The van der Waals surface area contributed by atoms with Crippen molar-refractivity contribution in [1.82, 2.24) is 9.97 Å². The van der Waals surface area contributed by atoms with E-state index >= 15 is 0 Å². The molecular formula is C21H32N4O4. The van der Waals surface area contributed by atoms with E-state index < -0.39 is 6.29 Å². The van der Waals surface area contributed by atoms with Gasteiger partial charge in [0.25, 0.3) is 0 Å². The number of pyridine rings is 2. The average molecular weight is 405 g/mol. The van der Waals surface area contributed by atoms with Crippen molar-refractivity contribution in [2.75, 3.05) is 27.9 Å². The Morgan fingerprint density at radius 1 is 0.931 bits per heavy atom.